The zero-order valence-electron chi connectivity index (χ0n) is 16.3. The quantitative estimate of drug-likeness (QED) is 0.449. The summed E-state index contributed by atoms with van der Waals surface area (Å²) in [5.41, 5.74) is 5.45. The van der Waals surface area contributed by atoms with Crippen LogP contribution in [0.25, 0.3) is 6.08 Å². The van der Waals surface area contributed by atoms with Gasteiger partial charge in [-0.1, -0.05) is 68.9 Å². The Kier molecular flexibility index (Phi) is 6.00. The van der Waals surface area contributed by atoms with Crippen LogP contribution in [-0.4, -0.2) is 27.4 Å². The van der Waals surface area contributed by atoms with E-state index in [1.807, 2.05) is 12.1 Å². The van der Waals surface area contributed by atoms with Gasteiger partial charge >= 0.3 is 0 Å². The fourth-order valence-electron chi connectivity index (χ4n) is 2.67. The summed E-state index contributed by atoms with van der Waals surface area (Å²) in [7, 11) is 0. The van der Waals surface area contributed by atoms with Crippen molar-refractivity contribution in [3.63, 3.8) is 0 Å². The van der Waals surface area contributed by atoms with E-state index in [2.05, 4.69) is 26.2 Å². The second kappa shape index (κ2) is 8.31. The van der Waals surface area contributed by atoms with Crippen molar-refractivity contribution in [1.29, 1.82) is 0 Å². The second-order valence-corrected chi connectivity index (χ2v) is 9.25. The number of hydrogen-bond donors (Lipinski definition) is 1. The Hall–Kier alpha value is -2.77. The molecule has 0 bridgehead atoms. The van der Waals surface area contributed by atoms with Gasteiger partial charge in [0.05, 0.1) is 4.91 Å². The van der Waals surface area contributed by atoms with Gasteiger partial charge < -0.3 is 0 Å². The van der Waals surface area contributed by atoms with Gasteiger partial charge in [0.1, 0.15) is 6.29 Å². The summed E-state index contributed by atoms with van der Waals surface area (Å²) in [5, 5.41) is 1.09. The largest absolute Gasteiger partial charge is 0.298 e. The van der Waals surface area contributed by atoms with Gasteiger partial charge in [-0.3, -0.25) is 19.8 Å². The van der Waals surface area contributed by atoms with Crippen molar-refractivity contribution < 1.29 is 14.4 Å². The fraction of sp³-hybridized carbons (Fsp3) is 0.182. The summed E-state index contributed by atoms with van der Waals surface area (Å²) in [5.74, 6) is -0.794. The highest BCUT2D eigenvalue weighted by molar-refractivity contribution is 8.26. The third-order valence-electron chi connectivity index (χ3n) is 4.39. The molecule has 1 aliphatic rings. The highest BCUT2D eigenvalue weighted by Gasteiger charge is 2.33. The maximum absolute atomic E-state index is 12.7. The zero-order chi connectivity index (χ0) is 21.2. The maximum Gasteiger partial charge on any atom is 0.285 e. The summed E-state index contributed by atoms with van der Waals surface area (Å²) in [6.07, 6.45) is 2.44. The molecule has 0 aliphatic carbocycles. The Balaban J connectivity index is 1.73. The SMILES string of the molecule is CC(C)(C)c1ccc(C(=O)NN2C(=O)/C(=C\c3ccc(C=O)cc3)SC2=S)cc1. The normalized spacial score (nSPS) is 15.7. The number of aldehydes is 1. The summed E-state index contributed by atoms with van der Waals surface area (Å²) >= 11 is 6.37. The van der Waals surface area contributed by atoms with Crippen LogP contribution < -0.4 is 5.43 Å². The van der Waals surface area contributed by atoms with Crippen LogP contribution in [-0.2, 0) is 10.2 Å². The Morgan fingerprint density at radius 2 is 1.62 bits per heavy atom. The predicted octanol–water partition coefficient (Wildman–Crippen LogP) is 4.34. The Morgan fingerprint density at radius 1 is 1.03 bits per heavy atom. The van der Waals surface area contributed by atoms with E-state index in [9.17, 15) is 14.4 Å². The maximum atomic E-state index is 12.7. The van der Waals surface area contributed by atoms with E-state index in [-0.39, 0.29) is 15.6 Å². The lowest BCUT2D eigenvalue weighted by molar-refractivity contribution is -0.123. The van der Waals surface area contributed by atoms with Crippen LogP contribution in [0.2, 0.25) is 0 Å². The highest BCUT2D eigenvalue weighted by Crippen LogP contribution is 2.31. The standard InChI is InChI=1S/C22H20N2O3S2/c1-22(2,3)17-10-8-16(9-11-17)19(26)23-24-20(27)18(29-21(24)28)12-14-4-6-15(13-25)7-5-14/h4-13H,1-3H3,(H,23,26)/b18-12+. The first-order chi connectivity index (χ1) is 13.7. The van der Waals surface area contributed by atoms with Crippen molar-refractivity contribution in [2.24, 2.45) is 0 Å². The number of hydrogen-bond acceptors (Lipinski definition) is 5. The minimum atomic E-state index is -0.404. The van der Waals surface area contributed by atoms with Gasteiger partial charge in [-0.15, -0.1) is 0 Å². The number of nitrogens with one attached hydrogen (secondary N) is 1. The van der Waals surface area contributed by atoms with Crippen molar-refractivity contribution in [2.75, 3.05) is 0 Å². The monoisotopic (exact) mass is 424 g/mol. The molecule has 5 nitrogen and oxygen atoms in total. The first kappa shape index (κ1) is 21.0. The Bertz CT molecular complexity index is 1000. The summed E-state index contributed by atoms with van der Waals surface area (Å²) < 4.78 is 0.255. The fourth-order valence-corrected chi connectivity index (χ4v) is 3.85. The minimum absolute atomic E-state index is 0.0122. The van der Waals surface area contributed by atoms with Gasteiger partial charge in [-0.25, -0.2) is 0 Å². The van der Waals surface area contributed by atoms with Crippen molar-refractivity contribution in [1.82, 2.24) is 10.4 Å². The van der Waals surface area contributed by atoms with Gasteiger partial charge in [-0.05, 0) is 47.0 Å². The van der Waals surface area contributed by atoms with Gasteiger partial charge in [0, 0.05) is 11.1 Å². The molecule has 1 aliphatic heterocycles. The lowest BCUT2D eigenvalue weighted by atomic mass is 9.87. The molecule has 2 amide bonds. The second-order valence-electron chi connectivity index (χ2n) is 7.57. The molecule has 2 aromatic carbocycles. The van der Waals surface area contributed by atoms with Crippen LogP contribution in [0.1, 0.15) is 52.6 Å². The number of hydrazine groups is 1. The van der Waals surface area contributed by atoms with E-state index in [1.165, 1.54) is 0 Å². The molecule has 0 radical (unpaired) electrons. The molecule has 0 atom stereocenters. The molecule has 0 spiro atoms. The van der Waals surface area contributed by atoms with E-state index >= 15 is 0 Å². The topological polar surface area (TPSA) is 66.5 Å². The molecule has 148 valence electrons. The average molecular weight is 425 g/mol. The molecule has 1 fully saturated rings. The zero-order valence-corrected chi connectivity index (χ0v) is 17.9. The van der Waals surface area contributed by atoms with Crippen molar-refractivity contribution >= 4 is 52.5 Å². The molecule has 1 N–H and O–H groups in total. The molecule has 7 heteroatoms. The molecule has 3 rings (SSSR count). The van der Waals surface area contributed by atoms with Gasteiger partial charge in [0.15, 0.2) is 4.32 Å². The molecule has 29 heavy (non-hydrogen) atoms. The molecule has 0 saturated carbocycles. The molecule has 0 unspecified atom stereocenters. The number of carbonyl (C=O) groups is 3. The number of thioether (sulfide) groups is 1. The average Bonchev–Trinajstić information content (AvgIpc) is 2.95. The summed E-state index contributed by atoms with van der Waals surface area (Å²) in [4.78, 5) is 36.4. The highest BCUT2D eigenvalue weighted by atomic mass is 32.2. The number of carbonyl (C=O) groups excluding carboxylic acids is 3. The molecular weight excluding hydrogens is 404 g/mol. The van der Waals surface area contributed by atoms with Crippen molar-refractivity contribution in [3.05, 3.63) is 75.7 Å². The smallest absolute Gasteiger partial charge is 0.285 e. The van der Waals surface area contributed by atoms with Crippen molar-refractivity contribution in [3.8, 4) is 0 Å². The number of thiocarbonyl (C=S) groups is 1. The van der Waals surface area contributed by atoms with Crippen LogP contribution >= 0.6 is 24.0 Å². The molecular formula is C22H20N2O3S2. The summed E-state index contributed by atoms with van der Waals surface area (Å²) in [6, 6.07) is 14.1. The van der Waals surface area contributed by atoms with E-state index in [0.717, 1.165) is 34.2 Å². The predicted molar refractivity (Wildman–Crippen MR) is 119 cm³/mol. The van der Waals surface area contributed by atoms with Gasteiger partial charge in [-0.2, -0.15) is 5.01 Å². The number of benzene rings is 2. The Labute approximate surface area is 179 Å². The number of amides is 2. The summed E-state index contributed by atoms with van der Waals surface area (Å²) in [6.45, 7) is 6.29. The third-order valence-corrected chi connectivity index (χ3v) is 5.69. The van der Waals surface area contributed by atoms with E-state index in [4.69, 9.17) is 12.2 Å². The van der Waals surface area contributed by atoms with Crippen LogP contribution in [0.15, 0.2) is 53.4 Å². The minimum Gasteiger partial charge on any atom is -0.298 e. The first-order valence-corrected chi connectivity index (χ1v) is 10.2. The van der Waals surface area contributed by atoms with Crippen molar-refractivity contribution in [2.45, 2.75) is 26.2 Å². The number of rotatable bonds is 4. The van der Waals surface area contributed by atoms with E-state index in [1.54, 1.807) is 42.5 Å². The van der Waals surface area contributed by atoms with Crippen LogP contribution in [0, 0.1) is 0 Å². The lowest BCUT2D eigenvalue weighted by Gasteiger charge is -2.19. The van der Waals surface area contributed by atoms with Gasteiger partial charge in [0.25, 0.3) is 11.8 Å². The number of nitrogens with zero attached hydrogens (tertiary/aromatic N) is 1. The van der Waals surface area contributed by atoms with Crippen LogP contribution in [0.4, 0.5) is 0 Å². The Morgan fingerprint density at radius 3 is 2.17 bits per heavy atom. The van der Waals surface area contributed by atoms with Gasteiger partial charge in [0.2, 0.25) is 0 Å². The van der Waals surface area contributed by atoms with E-state index < -0.39 is 5.91 Å². The molecule has 1 heterocycles. The molecule has 1 saturated heterocycles. The van der Waals surface area contributed by atoms with Crippen LogP contribution in [0.3, 0.4) is 0 Å². The first-order valence-electron chi connectivity index (χ1n) is 8.94. The van der Waals surface area contributed by atoms with Crippen LogP contribution in [0.5, 0.6) is 0 Å². The molecule has 2 aromatic rings. The lowest BCUT2D eigenvalue weighted by Crippen LogP contribution is -2.44. The van der Waals surface area contributed by atoms with E-state index in [0.29, 0.717) is 16.0 Å². The third kappa shape index (κ3) is 4.81. The molecule has 0 aromatic heterocycles.